The van der Waals surface area contributed by atoms with Gasteiger partial charge in [-0.15, -0.1) is 0 Å². The number of rotatable bonds is 4. The van der Waals surface area contributed by atoms with Crippen LogP contribution in [0.3, 0.4) is 0 Å². The second-order valence-corrected chi connectivity index (χ2v) is 4.57. The standard InChI is InChI=1S/C14H17N3O2/c1-10-7-15-17(8-10)13-5-3-12(4-6-13)14(19)16-11(2)9-18/h3-8,11,18H,9H2,1-2H3,(H,16,19). The predicted octanol–water partition coefficient (Wildman–Crippen LogP) is 1.29. The van der Waals surface area contributed by atoms with E-state index in [1.807, 2.05) is 25.3 Å². The fourth-order valence-electron chi connectivity index (χ4n) is 1.67. The molecule has 2 aromatic rings. The number of nitrogens with zero attached hydrogens (tertiary/aromatic N) is 2. The highest BCUT2D eigenvalue weighted by Crippen LogP contribution is 2.10. The molecule has 0 saturated heterocycles. The summed E-state index contributed by atoms with van der Waals surface area (Å²) < 4.78 is 1.76. The zero-order chi connectivity index (χ0) is 13.8. The van der Waals surface area contributed by atoms with Crippen molar-refractivity contribution in [1.82, 2.24) is 15.1 Å². The third kappa shape index (κ3) is 3.20. The number of amides is 1. The molecule has 1 heterocycles. The number of aryl methyl sites for hydroxylation is 1. The lowest BCUT2D eigenvalue weighted by molar-refractivity contribution is 0.0922. The molecule has 1 aromatic carbocycles. The molecule has 0 spiro atoms. The van der Waals surface area contributed by atoms with Crippen molar-refractivity contribution in [2.45, 2.75) is 19.9 Å². The molecule has 0 saturated carbocycles. The molecule has 0 fully saturated rings. The molecule has 5 nitrogen and oxygen atoms in total. The summed E-state index contributed by atoms with van der Waals surface area (Å²) in [5, 5.41) is 15.8. The minimum Gasteiger partial charge on any atom is -0.394 e. The van der Waals surface area contributed by atoms with Crippen molar-refractivity contribution in [3.63, 3.8) is 0 Å². The molecule has 0 aliphatic rings. The van der Waals surface area contributed by atoms with E-state index >= 15 is 0 Å². The Balaban J connectivity index is 2.12. The summed E-state index contributed by atoms with van der Waals surface area (Å²) in [4.78, 5) is 11.8. The van der Waals surface area contributed by atoms with E-state index in [0.29, 0.717) is 5.56 Å². The van der Waals surface area contributed by atoms with Crippen molar-refractivity contribution in [1.29, 1.82) is 0 Å². The van der Waals surface area contributed by atoms with Gasteiger partial charge in [-0.05, 0) is 43.7 Å². The van der Waals surface area contributed by atoms with Gasteiger partial charge in [0.15, 0.2) is 0 Å². The molecule has 0 bridgehead atoms. The second kappa shape index (κ2) is 5.67. The number of hydrogen-bond acceptors (Lipinski definition) is 3. The van der Waals surface area contributed by atoms with Crippen molar-refractivity contribution in [2.24, 2.45) is 0 Å². The van der Waals surface area contributed by atoms with Gasteiger partial charge < -0.3 is 10.4 Å². The molecule has 2 rings (SSSR count). The van der Waals surface area contributed by atoms with Gasteiger partial charge in [0.05, 0.1) is 18.5 Å². The lowest BCUT2D eigenvalue weighted by atomic mass is 10.2. The molecule has 5 heteroatoms. The van der Waals surface area contributed by atoms with E-state index in [0.717, 1.165) is 11.3 Å². The van der Waals surface area contributed by atoms with Crippen LogP contribution in [-0.4, -0.2) is 33.4 Å². The molecule has 0 aliphatic carbocycles. The fraction of sp³-hybridized carbons (Fsp3) is 0.286. The number of carbonyl (C=O) groups is 1. The SMILES string of the molecule is Cc1cnn(-c2ccc(C(=O)NC(C)CO)cc2)c1. The topological polar surface area (TPSA) is 67.2 Å². The van der Waals surface area contributed by atoms with E-state index in [-0.39, 0.29) is 18.6 Å². The number of benzene rings is 1. The van der Waals surface area contributed by atoms with Gasteiger partial charge in [0, 0.05) is 17.8 Å². The Hall–Kier alpha value is -2.14. The Labute approximate surface area is 111 Å². The fourth-order valence-corrected chi connectivity index (χ4v) is 1.67. The average Bonchev–Trinajstić information content (AvgIpc) is 2.85. The minimum atomic E-state index is -0.249. The first kappa shape index (κ1) is 13.3. The highest BCUT2D eigenvalue weighted by atomic mass is 16.3. The third-order valence-corrected chi connectivity index (χ3v) is 2.76. The highest BCUT2D eigenvalue weighted by Gasteiger charge is 2.09. The summed E-state index contributed by atoms with van der Waals surface area (Å²) >= 11 is 0. The molecule has 0 aliphatic heterocycles. The predicted molar refractivity (Wildman–Crippen MR) is 72.3 cm³/mol. The van der Waals surface area contributed by atoms with E-state index in [1.54, 1.807) is 29.9 Å². The maximum absolute atomic E-state index is 11.8. The van der Waals surface area contributed by atoms with Crippen LogP contribution < -0.4 is 5.32 Å². The van der Waals surface area contributed by atoms with Crippen LogP contribution in [0.2, 0.25) is 0 Å². The van der Waals surface area contributed by atoms with E-state index in [2.05, 4.69) is 10.4 Å². The van der Waals surface area contributed by atoms with Gasteiger partial charge in [0.25, 0.3) is 5.91 Å². The van der Waals surface area contributed by atoms with Gasteiger partial charge in [-0.25, -0.2) is 4.68 Å². The van der Waals surface area contributed by atoms with Gasteiger partial charge in [-0.1, -0.05) is 0 Å². The summed E-state index contributed by atoms with van der Waals surface area (Å²) in [5.74, 6) is -0.190. The van der Waals surface area contributed by atoms with Crippen molar-refractivity contribution in [2.75, 3.05) is 6.61 Å². The monoisotopic (exact) mass is 259 g/mol. The summed E-state index contributed by atoms with van der Waals surface area (Å²) in [6.07, 6.45) is 3.70. The highest BCUT2D eigenvalue weighted by molar-refractivity contribution is 5.94. The summed E-state index contributed by atoms with van der Waals surface area (Å²) in [6.45, 7) is 3.65. The second-order valence-electron chi connectivity index (χ2n) is 4.57. The van der Waals surface area contributed by atoms with Gasteiger partial charge in [0.2, 0.25) is 0 Å². The number of hydrogen-bond donors (Lipinski definition) is 2. The largest absolute Gasteiger partial charge is 0.394 e. The molecule has 100 valence electrons. The zero-order valence-corrected chi connectivity index (χ0v) is 11.0. The Kier molecular flexibility index (Phi) is 3.97. The van der Waals surface area contributed by atoms with Crippen LogP contribution in [0.15, 0.2) is 36.7 Å². The molecule has 1 atom stereocenters. The quantitative estimate of drug-likeness (QED) is 0.869. The Bertz CT molecular complexity index is 560. The summed E-state index contributed by atoms with van der Waals surface area (Å²) in [6, 6.07) is 6.91. The van der Waals surface area contributed by atoms with Gasteiger partial charge >= 0.3 is 0 Å². The van der Waals surface area contributed by atoms with E-state index < -0.39 is 0 Å². The third-order valence-electron chi connectivity index (χ3n) is 2.76. The van der Waals surface area contributed by atoms with Crippen LogP contribution in [-0.2, 0) is 0 Å². The molecule has 2 N–H and O–H groups in total. The number of aliphatic hydroxyl groups is 1. The smallest absolute Gasteiger partial charge is 0.251 e. The van der Waals surface area contributed by atoms with E-state index in [4.69, 9.17) is 5.11 Å². The van der Waals surface area contributed by atoms with Crippen LogP contribution in [0.25, 0.3) is 5.69 Å². The lowest BCUT2D eigenvalue weighted by Gasteiger charge is -2.11. The molecule has 1 aromatic heterocycles. The maximum Gasteiger partial charge on any atom is 0.251 e. The molecule has 19 heavy (non-hydrogen) atoms. The Morgan fingerprint density at radius 2 is 2.11 bits per heavy atom. The van der Waals surface area contributed by atoms with Crippen molar-refractivity contribution in [3.8, 4) is 5.69 Å². The summed E-state index contributed by atoms with van der Waals surface area (Å²) in [7, 11) is 0. The van der Waals surface area contributed by atoms with E-state index in [1.165, 1.54) is 0 Å². The molecule has 1 amide bonds. The molecular formula is C14H17N3O2. The van der Waals surface area contributed by atoms with Crippen LogP contribution >= 0.6 is 0 Å². The Morgan fingerprint density at radius 3 is 2.63 bits per heavy atom. The normalized spacial score (nSPS) is 12.2. The molecular weight excluding hydrogens is 242 g/mol. The van der Waals surface area contributed by atoms with E-state index in [9.17, 15) is 4.79 Å². The minimum absolute atomic E-state index is 0.0730. The maximum atomic E-state index is 11.8. The lowest BCUT2D eigenvalue weighted by Crippen LogP contribution is -2.34. The van der Waals surface area contributed by atoms with Crippen LogP contribution in [0, 0.1) is 6.92 Å². The first-order chi connectivity index (χ1) is 9.10. The van der Waals surface area contributed by atoms with Gasteiger partial charge in [0.1, 0.15) is 0 Å². The van der Waals surface area contributed by atoms with Crippen LogP contribution in [0.5, 0.6) is 0 Å². The average molecular weight is 259 g/mol. The van der Waals surface area contributed by atoms with Crippen molar-refractivity contribution < 1.29 is 9.90 Å². The number of nitrogens with one attached hydrogen (secondary N) is 1. The number of aliphatic hydroxyl groups excluding tert-OH is 1. The zero-order valence-electron chi connectivity index (χ0n) is 11.0. The Morgan fingerprint density at radius 1 is 1.42 bits per heavy atom. The molecule has 1 unspecified atom stereocenters. The van der Waals surface area contributed by atoms with Crippen LogP contribution in [0.1, 0.15) is 22.8 Å². The van der Waals surface area contributed by atoms with Crippen molar-refractivity contribution >= 4 is 5.91 Å². The van der Waals surface area contributed by atoms with Crippen LogP contribution in [0.4, 0.5) is 0 Å². The first-order valence-electron chi connectivity index (χ1n) is 6.13. The van der Waals surface area contributed by atoms with Gasteiger partial charge in [-0.2, -0.15) is 5.10 Å². The summed E-state index contributed by atoms with van der Waals surface area (Å²) in [5.41, 5.74) is 2.55. The molecule has 0 radical (unpaired) electrons. The number of aromatic nitrogens is 2. The first-order valence-corrected chi connectivity index (χ1v) is 6.13. The van der Waals surface area contributed by atoms with Gasteiger partial charge in [-0.3, -0.25) is 4.79 Å². The number of carbonyl (C=O) groups excluding carboxylic acids is 1. The van der Waals surface area contributed by atoms with Crippen molar-refractivity contribution in [3.05, 3.63) is 47.8 Å².